The smallest absolute Gasteiger partial charge is 0.320 e. The minimum absolute atomic E-state index is 0.250. The van der Waals surface area contributed by atoms with E-state index in [4.69, 9.17) is 0 Å². The lowest BCUT2D eigenvalue weighted by Crippen LogP contribution is -2.28. The van der Waals surface area contributed by atoms with E-state index in [2.05, 4.69) is 15.6 Å². The highest BCUT2D eigenvalue weighted by molar-refractivity contribution is 5.88. The van der Waals surface area contributed by atoms with Gasteiger partial charge in [-0.3, -0.25) is 5.32 Å². The predicted octanol–water partition coefficient (Wildman–Crippen LogP) is 3.02. The quantitative estimate of drug-likeness (QED) is 0.885. The van der Waals surface area contributed by atoms with Gasteiger partial charge >= 0.3 is 6.03 Å². The van der Waals surface area contributed by atoms with E-state index in [0.29, 0.717) is 12.4 Å². The topological polar surface area (TPSA) is 54.0 Å². The SMILES string of the molecule is Cc1ccc(NC(=O)NCc2ccccc2C)nc1. The van der Waals surface area contributed by atoms with E-state index in [1.807, 2.05) is 44.2 Å². The first-order chi connectivity index (χ1) is 9.15. The molecule has 19 heavy (non-hydrogen) atoms. The number of urea groups is 1. The van der Waals surface area contributed by atoms with Crippen molar-refractivity contribution in [1.82, 2.24) is 10.3 Å². The second-order valence-electron chi connectivity index (χ2n) is 4.45. The molecule has 1 aromatic heterocycles. The van der Waals surface area contributed by atoms with Crippen molar-refractivity contribution in [2.45, 2.75) is 20.4 Å². The number of aromatic nitrogens is 1. The number of aryl methyl sites for hydroxylation is 2. The van der Waals surface area contributed by atoms with Gasteiger partial charge in [0.15, 0.2) is 0 Å². The molecule has 0 atom stereocenters. The number of hydrogen-bond acceptors (Lipinski definition) is 2. The summed E-state index contributed by atoms with van der Waals surface area (Å²) in [6.07, 6.45) is 1.72. The number of hydrogen-bond donors (Lipinski definition) is 2. The zero-order valence-electron chi connectivity index (χ0n) is 11.1. The maximum absolute atomic E-state index is 11.7. The van der Waals surface area contributed by atoms with Gasteiger partial charge < -0.3 is 5.32 Å². The molecule has 1 aromatic carbocycles. The minimum atomic E-state index is -0.250. The Labute approximate surface area is 112 Å². The predicted molar refractivity (Wildman–Crippen MR) is 76.0 cm³/mol. The molecule has 0 saturated heterocycles. The zero-order valence-corrected chi connectivity index (χ0v) is 11.1. The number of nitrogens with one attached hydrogen (secondary N) is 2. The fraction of sp³-hybridized carbons (Fsp3) is 0.200. The summed E-state index contributed by atoms with van der Waals surface area (Å²) < 4.78 is 0. The Morgan fingerprint density at radius 1 is 1.16 bits per heavy atom. The van der Waals surface area contributed by atoms with Gasteiger partial charge in [-0.05, 0) is 36.6 Å². The van der Waals surface area contributed by atoms with Crippen LogP contribution in [0.25, 0.3) is 0 Å². The Hall–Kier alpha value is -2.36. The second-order valence-corrected chi connectivity index (χ2v) is 4.45. The van der Waals surface area contributed by atoms with Gasteiger partial charge in [0, 0.05) is 12.7 Å². The molecule has 2 rings (SSSR count). The van der Waals surface area contributed by atoms with Gasteiger partial charge in [-0.15, -0.1) is 0 Å². The molecule has 0 aliphatic rings. The zero-order chi connectivity index (χ0) is 13.7. The molecule has 98 valence electrons. The Morgan fingerprint density at radius 3 is 2.63 bits per heavy atom. The fourth-order valence-electron chi connectivity index (χ4n) is 1.69. The molecule has 0 aliphatic heterocycles. The highest BCUT2D eigenvalue weighted by Crippen LogP contribution is 2.07. The number of carbonyl (C=O) groups excluding carboxylic acids is 1. The van der Waals surface area contributed by atoms with Gasteiger partial charge in [-0.1, -0.05) is 30.3 Å². The average molecular weight is 255 g/mol. The minimum Gasteiger partial charge on any atom is -0.334 e. The molecule has 0 radical (unpaired) electrons. The molecule has 2 N–H and O–H groups in total. The van der Waals surface area contributed by atoms with Crippen LogP contribution in [0.2, 0.25) is 0 Å². The first-order valence-corrected chi connectivity index (χ1v) is 6.17. The van der Waals surface area contributed by atoms with Crippen molar-refractivity contribution in [3.05, 3.63) is 59.3 Å². The Bertz CT molecular complexity index is 564. The summed E-state index contributed by atoms with van der Waals surface area (Å²) >= 11 is 0. The monoisotopic (exact) mass is 255 g/mol. The molecule has 2 aromatic rings. The molecular formula is C15H17N3O. The highest BCUT2D eigenvalue weighted by atomic mass is 16.2. The number of pyridine rings is 1. The molecule has 1 heterocycles. The van der Waals surface area contributed by atoms with Crippen LogP contribution >= 0.6 is 0 Å². The van der Waals surface area contributed by atoms with Crippen molar-refractivity contribution in [3.63, 3.8) is 0 Å². The van der Waals surface area contributed by atoms with Crippen molar-refractivity contribution >= 4 is 11.8 Å². The molecule has 0 fully saturated rings. The molecule has 2 amide bonds. The van der Waals surface area contributed by atoms with Gasteiger partial charge in [0.25, 0.3) is 0 Å². The first-order valence-electron chi connectivity index (χ1n) is 6.17. The van der Waals surface area contributed by atoms with Crippen LogP contribution in [0.3, 0.4) is 0 Å². The Morgan fingerprint density at radius 2 is 1.95 bits per heavy atom. The Kier molecular flexibility index (Phi) is 4.13. The van der Waals surface area contributed by atoms with Crippen molar-refractivity contribution in [2.24, 2.45) is 0 Å². The molecule has 0 unspecified atom stereocenters. The van der Waals surface area contributed by atoms with E-state index in [1.54, 1.807) is 12.3 Å². The third-order valence-electron chi connectivity index (χ3n) is 2.85. The van der Waals surface area contributed by atoms with E-state index >= 15 is 0 Å². The molecule has 0 aliphatic carbocycles. The summed E-state index contributed by atoms with van der Waals surface area (Å²) in [5.74, 6) is 0.549. The van der Waals surface area contributed by atoms with Gasteiger partial charge in [0.05, 0.1) is 0 Å². The number of rotatable bonds is 3. The fourth-order valence-corrected chi connectivity index (χ4v) is 1.69. The number of anilines is 1. The highest BCUT2D eigenvalue weighted by Gasteiger charge is 2.03. The second kappa shape index (κ2) is 6.00. The number of carbonyl (C=O) groups is 1. The molecule has 0 saturated carbocycles. The third-order valence-corrected chi connectivity index (χ3v) is 2.85. The van der Waals surface area contributed by atoms with Crippen LogP contribution in [0.5, 0.6) is 0 Å². The van der Waals surface area contributed by atoms with Crippen LogP contribution < -0.4 is 10.6 Å². The van der Waals surface area contributed by atoms with Gasteiger partial charge in [0.2, 0.25) is 0 Å². The van der Waals surface area contributed by atoms with Crippen molar-refractivity contribution in [2.75, 3.05) is 5.32 Å². The number of amides is 2. The van der Waals surface area contributed by atoms with E-state index in [0.717, 1.165) is 16.7 Å². The van der Waals surface area contributed by atoms with E-state index in [-0.39, 0.29) is 6.03 Å². The maximum atomic E-state index is 11.7. The summed E-state index contributed by atoms with van der Waals surface area (Å²) in [7, 11) is 0. The van der Waals surface area contributed by atoms with Crippen LogP contribution in [0, 0.1) is 13.8 Å². The van der Waals surface area contributed by atoms with Crippen LogP contribution in [-0.4, -0.2) is 11.0 Å². The van der Waals surface area contributed by atoms with E-state index < -0.39 is 0 Å². The number of nitrogens with zero attached hydrogens (tertiary/aromatic N) is 1. The van der Waals surface area contributed by atoms with Gasteiger partial charge in [0.1, 0.15) is 5.82 Å². The van der Waals surface area contributed by atoms with E-state index in [1.165, 1.54) is 0 Å². The van der Waals surface area contributed by atoms with Crippen molar-refractivity contribution in [1.29, 1.82) is 0 Å². The van der Waals surface area contributed by atoms with Crippen LogP contribution in [0.15, 0.2) is 42.6 Å². The van der Waals surface area contributed by atoms with Crippen LogP contribution in [0.1, 0.15) is 16.7 Å². The van der Waals surface area contributed by atoms with Crippen molar-refractivity contribution < 1.29 is 4.79 Å². The molecule has 0 bridgehead atoms. The lowest BCUT2D eigenvalue weighted by Gasteiger charge is -2.09. The molecule has 0 spiro atoms. The van der Waals surface area contributed by atoms with Gasteiger partial charge in [-0.25, -0.2) is 9.78 Å². The number of benzene rings is 1. The summed E-state index contributed by atoms with van der Waals surface area (Å²) in [5.41, 5.74) is 3.33. The first kappa shape index (κ1) is 13.1. The van der Waals surface area contributed by atoms with Crippen LogP contribution in [0.4, 0.5) is 10.6 Å². The standard InChI is InChI=1S/C15H17N3O/c1-11-7-8-14(16-9-11)18-15(19)17-10-13-6-4-3-5-12(13)2/h3-9H,10H2,1-2H3,(H2,16,17,18,19). The molecular weight excluding hydrogens is 238 g/mol. The normalized spacial score (nSPS) is 10.0. The lowest BCUT2D eigenvalue weighted by atomic mass is 10.1. The van der Waals surface area contributed by atoms with Crippen LogP contribution in [-0.2, 0) is 6.54 Å². The van der Waals surface area contributed by atoms with Crippen molar-refractivity contribution in [3.8, 4) is 0 Å². The molecule has 4 nitrogen and oxygen atoms in total. The summed E-state index contributed by atoms with van der Waals surface area (Å²) in [6, 6.07) is 11.4. The third kappa shape index (κ3) is 3.81. The lowest BCUT2D eigenvalue weighted by molar-refractivity contribution is 0.251. The average Bonchev–Trinajstić information content (AvgIpc) is 2.40. The van der Waals surface area contributed by atoms with Gasteiger partial charge in [-0.2, -0.15) is 0 Å². The molecule has 4 heteroatoms. The maximum Gasteiger partial charge on any atom is 0.320 e. The summed E-state index contributed by atoms with van der Waals surface area (Å²) in [6.45, 7) is 4.48. The summed E-state index contributed by atoms with van der Waals surface area (Å²) in [4.78, 5) is 15.8. The summed E-state index contributed by atoms with van der Waals surface area (Å²) in [5, 5.41) is 5.51. The van der Waals surface area contributed by atoms with E-state index in [9.17, 15) is 4.79 Å². The largest absolute Gasteiger partial charge is 0.334 e. The Balaban J connectivity index is 1.88.